The highest BCUT2D eigenvalue weighted by molar-refractivity contribution is 5.46. The Kier molecular flexibility index (Phi) is 2.32. The molecule has 2 heterocycles. The molecule has 0 aliphatic carbocycles. The van der Waals surface area contributed by atoms with Crippen molar-refractivity contribution in [2.45, 2.75) is 13.0 Å². The molecule has 0 amide bonds. The topological polar surface area (TPSA) is 62.5 Å². The Morgan fingerprint density at radius 1 is 1.57 bits per heavy atom. The van der Waals surface area contributed by atoms with Gasteiger partial charge < -0.3 is 10.4 Å². The minimum Gasteiger partial charge on any atom is -0.394 e. The molecule has 2 N–H and O–H groups in total. The maximum absolute atomic E-state index is 8.91. The summed E-state index contributed by atoms with van der Waals surface area (Å²) >= 11 is 0. The maximum Gasteiger partial charge on any atom is 0.156 e. The van der Waals surface area contributed by atoms with E-state index in [0.717, 1.165) is 11.5 Å². The summed E-state index contributed by atoms with van der Waals surface area (Å²) in [6.07, 6.45) is 6.96. The lowest BCUT2D eigenvalue weighted by molar-refractivity contribution is 0.281. The SMILES string of the molecule is CC(CO)Nc1cncc2nccn12. The van der Waals surface area contributed by atoms with Gasteiger partial charge in [-0.25, -0.2) is 4.98 Å². The summed E-state index contributed by atoms with van der Waals surface area (Å²) in [7, 11) is 0. The monoisotopic (exact) mass is 192 g/mol. The first kappa shape index (κ1) is 8.96. The lowest BCUT2D eigenvalue weighted by Gasteiger charge is -2.12. The second kappa shape index (κ2) is 3.63. The zero-order valence-electron chi connectivity index (χ0n) is 7.88. The van der Waals surface area contributed by atoms with Crippen molar-refractivity contribution in [2.24, 2.45) is 0 Å². The number of hydrogen-bond donors (Lipinski definition) is 2. The molecule has 0 aromatic carbocycles. The van der Waals surface area contributed by atoms with Gasteiger partial charge in [0.1, 0.15) is 5.82 Å². The van der Waals surface area contributed by atoms with E-state index in [0.29, 0.717) is 0 Å². The van der Waals surface area contributed by atoms with Gasteiger partial charge in [0.25, 0.3) is 0 Å². The van der Waals surface area contributed by atoms with Crippen LogP contribution < -0.4 is 5.32 Å². The molecule has 14 heavy (non-hydrogen) atoms. The molecule has 0 radical (unpaired) electrons. The van der Waals surface area contributed by atoms with Gasteiger partial charge in [0, 0.05) is 18.4 Å². The summed E-state index contributed by atoms with van der Waals surface area (Å²) in [6.45, 7) is 1.99. The van der Waals surface area contributed by atoms with Gasteiger partial charge in [-0.2, -0.15) is 0 Å². The number of hydrogen-bond acceptors (Lipinski definition) is 4. The molecule has 0 fully saturated rings. The number of imidazole rings is 1. The highest BCUT2D eigenvalue weighted by Crippen LogP contribution is 2.09. The van der Waals surface area contributed by atoms with Crippen LogP contribution in [-0.2, 0) is 0 Å². The summed E-state index contributed by atoms with van der Waals surface area (Å²) in [6, 6.07) is 0.00444. The van der Waals surface area contributed by atoms with Crippen molar-refractivity contribution in [2.75, 3.05) is 11.9 Å². The number of aromatic nitrogens is 3. The summed E-state index contributed by atoms with van der Waals surface area (Å²) in [5.41, 5.74) is 0.792. The zero-order valence-corrected chi connectivity index (χ0v) is 7.88. The van der Waals surface area contributed by atoms with Crippen LogP contribution in [0.4, 0.5) is 5.82 Å². The average molecular weight is 192 g/mol. The van der Waals surface area contributed by atoms with Gasteiger partial charge in [-0.3, -0.25) is 9.38 Å². The smallest absolute Gasteiger partial charge is 0.156 e. The van der Waals surface area contributed by atoms with Gasteiger partial charge in [-0.15, -0.1) is 0 Å². The Hall–Kier alpha value is -1.62. The number of aliphatic hydroxyl groups is 1. The first-order chi connectivity index (χ1) is 6.81. The van der Waals surface area contributed by atoms with Crippen molar-refractivity contribution in [1.29, 1.82) is 0 Å². The Morgan fingerprint density at radius 3 is 3.21 bits per heavy atom. The standard InChI is InChI=1S/C9H12N4O/c1-7(6-14)12-9-5-10-4-8-11-2-3-13(8)9/h2-5,7,12,14H,6H2,1H3. The molecule has 0 saturated carbocycles. The molecule has 0 saturated heterocycles. The van der Waals surface area contributed by atoms with Crippen LogP contribution in [0.2, 0.25) is 0 Å². The van der Waals surface area contributed by atoms with E-state index >= 15 is 0 Å². The molecule has 0 spiro atoms. The van der Waals surface area contributed by atoms with Gasteiger partial charge in [-0.1, -0.05) is 0 Å². The van der Waals surface area contributed by atoms with Crippen LogP contribution in [0, 0.1) is 0 Å². The number of nitrogens with zero attached hydrogens (tertiary/aromatic N) is 3. The number of aliphatic hydroxyl groups excluding tert-OH is 1. The van der Waals surface area contributed by atoms with E-state index in [1.54, 1.807) is 18.6 Å². The zero-order chi connectivity index (χ0) is 9.97. The van der Waals surface area contributed by atoms with Gasteiger partial charge in [0.05, 0.1) is 19.0 Å². The van der Waals surface area contributed by atoms with Gasteiger partial charge in [0.2, 0.25) is 0 Å². The minimum absolute atomic E-state index is 0.00444. The molecule has 5 nitrogen and oxygen atoms in total. The van der Waals surface area contributed by atoms with Crippen molar-refractivity contribution < 1.29 is 5.11 Å². The quantitative estimate of drug-likeness (QED) is 0.744. The van der Waals surface area contributed by atoms with Crippen molar-refractivity contribution in [3.8, 4) is 0 Å². The molecule has 2 aromatic rings. The Labute approximate surface area is 81.4 Å². The lowest BCUT2D eigenvalue weighted by Crippen LogP contribution is -2.20. The third-order valence-corrected chi connectivity index (χ3v) is 1.98. The molecule has 2 rings (SSSR count). The Balaban J connectivity index is 2.36. The van der Waals surface area contributed by atoms with E-state index in [-0.39, 0.29) is 12.6 Å². The molecule has 74 valence electrons. The summed E-state index contributed by atoms with van der Waals surface area (Å²) < 4.78 is 1.89. The molecule has 5 heteroatoms. The number of anilines is 1. The molecule has 2 aromatic heterocycles. The van der Waals surface area contributed by atoms with Crippen LogP contribution in [-0.4, -0.2) is 32.1 Å². The van der Waals surface area contributed by atoms with Crippen molar-refractivity contribution in [1.82, 2.24) is 14.4 Å². The largest absolute Gasteiger partial charge is 0.394 e. The van der Waals surface area contributed by atoms with E-state index in [4.69, 9.17) is 5.11 Å². The van der Waals surface area contributed by atoms with Crippen LogP contribution in [0.15, 0.2) is 24.8 Å². The molecule has 1 unspecified atom stereocenters. The fraction of sp³-hybridized carbons (Fsp3) is 0.333. The third-order valence-electron chi connectivity index (χ3n) is 1.98. The molecule has 1 atom stereocenters. The Morgan fingerprint density at radius 2 is 2.43 bits per heavy atom. The highest BCUT2D eigenvalue weighted by atomic mass is 16.3. The minimum atomic E-state index is 0.00444. The van der Waals surface area contributed by atoms with Crippen molar-refractivity contribution in [3.05, 3.63) is 24.8 Å². The second-order valence-electron chi connectivity index (χ2n) is 3.18. The van der Waals surface area contributed by atoms with Crippen LogP contribution in [0.1, 0.15) is 6.92 Å². The van der Waals surface area contributed by atoms with Crippen LogP contribution in [0.5, 0.6) is 0 Å². The summed E-state index contributed by atoms with van der Waals surface area (Å²) in [4.78, 5) is 8.16. The molecular formula is C9H12N4O. The normalized spacial score (nSPS) is 13.0. The third kappa shape index (κ3) is 1.54. The van der Waals surface area contributed by atoms with E-state index in [1.165, 1.54) is 0 Å². The van der Waals surface area contributed by atoms with Crippen LogP contribution in [0.3, 0.4) is 0 Å². The second-order valence-corrected chi connectivity index (χ2v) is 3.18. The van der Waals surface area contributed by atoms with Crippen molar-refractivity contribution in [3.63, 3.8) is 0 Å². The maximum atomic E-state index is 8.91. The fourth-order valence-electron chi connectivity index (χ4n) is 1.26. The predicted molar refractivity (Wildman–Crippen MR) is 53.2 cm³/mol. The number of rotatable bonds is 3. The summed E-state index contributed by atoms with van der Waals surface area (Å²) in [5.74, 6) is 0.835. The van der Waals surface area contributed by atoms with Crippen molar-refractivity contribution >= 4 is 11.5 Å². The first-order valence-electron chi connectivity index (χ1n) is 4.45. The molecule has 0 aliphatic heterocycles. The van der Waals surface area contributed by atoms with Crippen LogP contribution >= 0.6 is 0 Å². The molecule has 0 bridgehead atoms. The molecule has 0 aliphatic rings. The highest BCUT2D eigenvalue weighted by Gasteiger charge is 2.03. The lowest BCUT2D eigenvalue weighted by atomic mass is 10.3. The predicted octanol–water partition coefficient (Wildman–Crippen LogP) is 0.522. The van der Waals surface area contributed by atoms with E-state index in [2.05, 4.69) is 15.3 Å². The van der Waals surface area contributed by atoms with Gasteiger partial charge in [0.15, 0.2) is 5.65 Å². The van der Waals surface area contributed by atoms with Gasteiger partial charge >= 0.3 is 0 Å². The summed E-state index contributed by atoms with van der Waals surface area (Å²) in [5, 5.41) is 12.0. The van der Waals surface area contributed by atoms with E-state index < -0.39 is 0 Å². The number of fused-ring (bicyclic) bond motifs is 1. The van der Waals surface area contributed by atoms with Crippen LogP contribution in [0.25, 0.3) is 5.65 Å². The van der Waals surface area contributed by atoms with E-state index in [1.807, 2.05) is 17.5 Å². The Bertz CT molecular complexity index is 425. The molecular weight excluding hydrogens is 180 g/mol. The van der Waals surface area contributed by atoms with Gasteiger partial charge in [-0.05, 0) is 6.92 Å². The fourth-order valence-corrected chi connectivity index (χ4v) is 1.26. The average Bonchev–Trinajstić information content (AvgIpc) is 2.66. The van der Waals surface area contributed by atoms with E-state index in [9.17, 15) is 0 Å². The number of nitrogens with one attached hydrogen (secondary N) is 1. The first-order valence-corrected chi connectivity index (χ1v) is 4.45.